The molecule has 0 spiro atoms. The zero-order valence-corrected chi connectivity index (χ0v) is 17.0. The number of imidazole rings is 1. The van der Waals surface area contributed by atoms with Crippen molar-refractivity contribution in [2.45, 2.75) is 6.92 Å². The van der Waals surface area contributed by atoms with Crippen LogP contribution in [0.25, 0.3) is 17.0 Å². The highest BCUT2D eigenvalue weighted by Gasteiger charge is 2.14. The third kappa shape index (κ3) is 3.96. The van der Waals surface area contributed by atoms with Gasteiger partial charge in [0.15, 0.2) is 5.13 Å². The molecule has 0 radical (unpaired) electrons. The molecule has 4 rings (SSSR count). The van der Waals surface area contributed by atoms with E-state index in [2.05, 4.69) is 10.3 Å². The van der Waals surface area contributed by atoms with E-state index in [-0.39, 0.29) is 0 Å². The number of methoxy groups -OCH3 is 1. The third-order valence-corrected chi connectivity index (χ3v) is 5.15. The standard InChI is InChI=1S/C20H19ClN4O2S/c1-13-19(25-11-14(21)3-8-18(25)22-13)17-12-28-20(24-17)23-15-4-6-16(7-5-15)27-10-9-26-2/h3-8,11-12H,9-10H2,1-2H3,(H,23,24). The summed E-state index contributed by atoms with van der Waals surface area (Å²) in [5.41, 5.74) is 4.51. The first-order valence-corrected chi connectivity index (χ1v) is 9.99. The van der Waals surface area contributed by atoms with Crippen LogP contribution in [-0.4, -0.2) is 34.7 Å². The summed E-state index contributed by atoms with van der Waals surface area (Å²) in [6.07, 6.45) is 1.86. The van der Waals surface area contributed by atoms with E-state index < -0.39 is 0 Å². The maximum atomic E-state index is 6.16. The molecule has 3 aromatic heterocycles. The number of nitrogens with zero attached hydrogens (tertiary/aromatic N) is 3. The van der Waals surface area contributed by atoms with Crippen LogP contribution in [0.1, 0.15) is 5.69 Å². The van der Waals surface area contributed by atoms with Crippen molar-refractivity contribution >= 4 is 39.4 Å². The molecule has 0 atom stereocenters. The molecule has 0 aliphatic carbocycles. The third-order valence-electron chi connectivity index (χ3n) is 4.17. The Morgan fingerprint density at radius 1 is 1.11 bits per heavy atom. The second-order valence-electron chi connectivity index (χ2n) is 6.15. The van der Waals surface area contributed by atoms with Gasteiger partial charge in [-0.05, 0) is 43.3 Å². The smallest absolute Gasteiger partial charge is 0.187 e. The number of anilines is 2. The molecule has 0 saturated carbocycles. The number of aryl methyl sites for hydroxylation is 1. The maximum Gasteiger partial charge on any atom is 0.187 e. The zero-order chi connectivity index (χ0) is 19.5. The zero-order valence-electron chi connectivity index (χ0n) is 15.5. The highest BCUT2D eigenvalue weighted by atomic mass is 35.5. The maximum absolute atomic E-state index is 6.16. The average Bonchev–Trinajstić information content (AvgIpc) is 3.26. The molecule has 8 heteroatoms. The Morgan fingerprint density at radius 3 is 2.71 bits per heavy atom. The first-order chi connectivity index (χ1) is 13.6. The molecule has 0 amide bonds. The summed E-state index contributed by atoms with van der Waals surface area (Å²) in [6.45, 7) is 3.07. The summed E-state index contributed by atoms with van der Waals surface area (Å²) in [7, 11) is 1.65. The fraction of sp³-hybridized carbons (Fsp3) is 0.200. The summed E-state index contributed by atoms with van der Waals surface area (Å²) < 4.78 is 12.5. The number of halogens is 1. The topological polar surface area (TPSA) is 60.7 Å². The summed E-state index contributed by atoms with van der Waals surface area (Å²) in [6, 6.07) is 11.5. The number of ether oxygens (including phenoxy) is 2. The Hall–Kier alpha value is -2.61. The number of nitrogens with one attached hydrogen (secondary N) is 1. The van der Waals surface area contributed by atoms with Crippen LogP contribution < -0.4 is 10.1 Å². The summed E-state index contributed by atoms with van der Waals surface area (Å²) in [4.78, 5) is 9.32. The van der Waals surface area contributed by atoms with Crippen LogP contribution in [0.2, 0.25) is 5.02 Å². The van der Waals surface area contributed by atoms with Gasteiger partial charge in [-0.1, -0.05) is 11.6 Å². The van der Waals surface area contributed by atoms with E-state index in [9.17, 15) is 0 Å². The molecule has 28 heavy (non-hydrogen) atoms. The minimum Gasteiger partial charge on any atom is -0.491 e. The SMILES string of the molecule is COCCOc1ccc(Nc2nc(-c3c(C)nc4ccc(Cl)cn34)cs2)cc1. The highest BCUT2D eigenvalue weighted by molar-refractivity contribution is 7.14. The highest BCUT2D eigenvalue weighted by Crippen LogP contribution is 2.30. The molecule has 0 fully saturated rings. The van der Waals surface area contributed by atoms with Crippen molar-refractivity contribution in [2.75, 3.05) is 25.6 Å². The number of benzene rings is 1. The molecule has 1 aromatic carbocycles. The van der Waals surface area contributed by atoms with Crippen molar-refractivity contribution in [2.24, 2.45) is 0 Å². The molecule has 3 heterocycles. The summed E-state index contributed by atoms with van der Waals surface area (Å²) in [5, 5.41) is 6.81. The quantitative estimate of drug-likeness (QED) is 0.422. The number of fused-ring (bicyclic) bond motifs is 1. The number of rotatable bonds is 7. The normalized spacial score (nSPS) is 11.1. The van der Waals surface area contributed by atoms with Crippen LogP contribution in [0.3, 0.4) is 0 Å². The van der Waals surface area contributed by atoms with Gasteiger partial charge in [-0.25, -0.2) is 9.97 Å². The molecular weight excluding hydrogens is 396 g/mol. The second kappa shape index (κ2) is 8.18. The van der Waals surface area contributed by atoms with Crippen molar-refractivity contribution in [1.29, 1.82) is 0 Å². The Morgan fingerprint density at radius 2 is 1.93 bits per heavy atom. The van der Waals surface area contributed by atoms with E-state index in [1.54, 1.807) is 18.4 Å². The van der Waals surface area contributed by atoms with Gasteiger partial charge in [0.1, 0.15) is 23.7 Å². The average molecular weight is 415 g/mol. The minimum absolute atomic E-state index is 0.530. The largest absolute Gasteiger partial charge is 0.491 e. The summed E-state index contributed by atoms with van der Waals surface area (Å²) in [5.74, 6) is 0.806. The minimum atomic E-state index is 0.530. The molecule has 4 aromatic rings. The first-order valence-electron chi connectivity index (χ1n) is 8.73. The van der Waals surface area contributed by atoms with E-state index >= 15 is 0 Å². The van der Waals surface area contributed by atoms with Crippen molar-refractivity contribution in [1.82, 2.24) is 14.4 Å². The lowest BCUT2D eigenvalue weighted by Crippen LogP contribution is -2.04. The monoisotopic (exact) mass is 414 g/mol. The van der Waals surface area contributed by atoms with E-state index in [0.717, 1.165) is 39.3 Å². The van der Waals surface area contributed by atoms with E-state index in [1.165, 1.54) is 0 Å². The molecule has 0 aliphatic rings. The lowest BCUT2D eigenvalue weighted by Gasteiger charge is -2.07. The van der Waals surface area contributed by atoms with Gasteiger partial charge < -0.3 is 14.8 Å². The molecule has 0 aliphatic heterocycles. The van der Waals surface area contributed by atoms with Crippen LogP contribution in [0, 0.1) is 6.92 Å². The van der Waals surface area contributed by atoms with Gasteiger partial charge in [0.05, 0.1) is 23.0 Å². The Labute approximate surface area is 171 Å². The lowest BCUT2D eigenvalue weighted by atomic mass is 10.3. The molecule has 1 N–H and O–H groups in total. The number of pyridine rings is 1. The number of aromatic nitrogens is 3. The van der Waals surface area contributed by atoms with Gasteiger partial charge in [0, 0.05) is 24.4 Å². The predicted octanol–water partition coefficient (Wildman–Crippen LogP) is 5.19. The van der Waals surface area contributed by atoms with Crippen molar-refractivity contribution < 1.29 is 9.47 Å². The van der Waals surface area contributed by atoms with Crippen molar-refractivity contribution in [3.8, 4) is 17.1 Å². The lowest BCUT2D eigenvalue weighted by molar-refractivity contribution is 0.146. The molecule has 6 nitrogen and oxygen atoms in total. The number of hydrogen-bond acceptors (Lipinski definition) is 6. The Kier molecular flexibility index (Phi) is 5.47. The second-order valence-corrected chi connectivity index (χ2v) is 7.44. The van der Waals surface area contributed by atoms with Gasteiger partial charge in [0.2, 0.25) is 0 Å². The number of hydrogen-bond donors (Lipinski definition) is 1. The van der Waals surface area contributed by atoms with Gasteiger partial charge in [-0.15, -0.1) is 11.3 Å². The van der Waals surface area contributed by atoms with Gasteiger partial charge in [0.25, 0.3) is 0 Å². The van der Waals surface area contributed by atoms with Crippen molar-refractivity contribution in [3.63, 3.8) is 0 Å². The fourth-order valence-electron chi connectivity index (χ4n) is 2.89. The molecular formula is C20H19ClN4O2S. The van der Waals surface area contributed by atoms with E-state index in [4.69, 9.17) is 26.1 Å². The van der Waals surface area contributed by atoms with Crippen LogP contribution in [0.15, 0.2) is 48.0 Å². The first kappa shape index (κ1) is 18.7. The van der Waals surface area contributed by atoms with Gasteiger partial charge >= 0.3 is 0 Å². The molecule has 144 valence electrons. The van der Waals surface area contributed by atoms with Gasteiger partial charge in [-0.2, -0.15) is 0 Å². The van der Waals surface area contributed by atoms with Crippen LogP contribution in [0.5, 0.6) is 5.75 Å². The predicted molar refractivity (Wildman–Crippen MR) is 113 cm³/mol. The molecule has 0 unspecified atom stereocenters. The molecule has 0 saturated heterocycles. The Bertz CT molecular complexity index is 1090. The molecule has 0 bridgehead atoms. The van der Waals surface area contributed by atoms with Crippen LogP contribution in [-0.2, 0) is 4.74 Å². The van der Waals surface area contributed by atoms with Crippen LogP contribution >= 0.6 is 22.9 Å². The van der Waals surface area contributed by atoms with E-state index in [1.807, 2.05) is 59.3 Å². The fourth-order valence-corrected chi connectivity index (χ4v) is 3.76. The van der Waals surface area contributed by atoms with Gasteiger partial charge in [-0.3, -0.25) is 4.40 Å². The van der Waals surface area contributed by atoms with Crippen molar-refractivity contribution in [3.05, 3.63) is 58.7 Å². The number of thiazole rings is 1. The van der Waals surface area contributed by atoms with E-state index in [0.29, 0.717) is 18.2 Å². The summed E-state index contributed by atoms with van der Waals surface area (Å²) >= 11 is 7.70. The Balaban J connectivity index is 1.52. The van der Waals surface area contributed by atoms with Crippen LogP contribution in [0.4, 0.5) is 10.8 Å².